The summed E-state index contributed by atoms with van der Waals surface area (Å²) in [6.07, 6.45) is 9.83. The third kappa shape index (κ3) is 13.8. The quantitative estimate of drug-likeness (QED) is 0.110. The minimum atomic E-state index is -1.15. The zero-order chi connectivity index (χ0) is 21.7. The van der Waals surface area contributed by atoms with E-state index in [1.54, 1.807) is 0 Å². The topological polar surface area (TPSA) is 35.5 Å². The maximum atomic E-state index is 12.0. The predicted octanol–water partition coefficient (Wildman–Crippen LogP) is 8.31. The summed E-state index contributed by atoms with van der Waals surface area (Å²) >= 11 is 0. The summed E-state index contributed by atoms with van der Waals surface area (Å²) in [5.41, 5.74) is 0.0608. The lowest BCUT2D eigenvalue weighted by Crippen LogP contribution is -2.35. The Labute approximate surface area is 177 Å². The van der Waals surface area contributed by atoms with Crippen LogP contribution in [0.1, 0.15) is 113 Å². The molecule has 0 bridgehead atoms. The zero-order valence-electron chi connectivity index (χ0n) is 20.4. The molecular weight excluding hydrogens is 364 g/mol. The van der Waals surface area contributed by atoms with Crippen molar-refractivity contribution in [3.63, 3.8) is 0 Å². The molecule has 0 aliphatic carbocycles. The number of hydrogen-bond donors (Lipinski definition) is 0. The fourth-order valence-electron chi connectivity index (χ4n) is 3.72. The Morgan fingerprint density at radius 1 is 0.750 bits per heavy atom. The first-order valence-electron chi connectivity index (χ1n) is 11.9. The van der Waals surface area contributed by atoms with E-state index in [9.17, 15) is 4.79 Å². The third-order valence-corrected chi connectivity index (χ3v) is 12.2. The van der Waals surface area contributed by atoms with E-state index in [1.165, 1.54) is 56.3 Å². The predicted molar refractivity (Wildman–Crippen MR) is 124 cm³/mol. The molecule has 0 aliphatic heterocycles. The van der Waals surface area contributed by atoms with Gasteiger partial charge in [0, 0.05) is 6.42 Å². The molecule has 0 fully saturated rings. The largest absolute Gasteiger partial charge is 0.342 e. The Morgan fingerprint density at radius 3 is 1.75 bits per heavy atom. The molecule has 0 saturated heterocycles. The highest BCUT2D eigenvalue weighted by atomic mass is 28.3. The van der Waals surface area contributed by atoms with E-state index in [2.05, 4.69) is 41.5 Å². The van der Waals surface area contributed by atoms with Crippen LogP contribution in [-0.4, -0.2) is 19.6 Å². The second-order valence-corrected chi connectivity index (χ2v) is 16.2. The van der Waals surface area contributed by atoms with Crippen molar-refractivity contribution >= 4 is 14.0 Å². The van der Waals surface area contributed by atoms with Crippen molar-refractivity contribution < 1.29 is 14.6 Å². The van der Waals surface area contributed by atoms with Crippen molar-refractivity contribution in [2.75, 3.05) is 0 Å². The van der Waals surface area contributed by atoms with Crippen LogP contribution >= 0.6 is 0 Å². The van der Waals surface area contributed by atoms with Crippen molar-refractivity contribution in [1.82, 2.24) is 0 Å². The summed E-state index contributed by atoms with van der Waals surface area (Å²) in [6.45, 7) is 18.0. The smallest absolute Gasteiger partial charge is 0.298 e. The van der Waals surface area contributed by atoms with Gasteiger partial charge >= 0.3 is 5.97 Å². The van der Waals surface area contributed by atoms with Crippen LogP contribution in [0.25, 0.3) is 0 Å². The lowest BCUT2D eigenvalue weighted by atomic mass is 9.89. The lowest BCUT2D eigenvalue weighted by molar-refractivity contribution is -0.325. The Bertz CT molecular complexity index is 400. The van der Waals surface area contributed by atoms with Gasteiger partial charge in [-0.15, -0.1) is 0 Å². The van der Waals surface area contributed by atoms with Crippen molar-refractivity contribution in [3.05, 3.63) is 0 Å². The van der Waals surface area contributed by atoms with Crippen molar-refractivity contribution in [2.45, 2.75) is 143 Å². The van der Waals surface area contributed by atoms with E-state index < -0.39 is 8.07 Å². The average Bonchev–Trinajstić information content (AvgIpc) is 2.63. The number of carbonyl (C=O) groups excluding carboxylic acids is 1. The van der Waals surface area contributed by atoms with Crippen LogP contribution in [0, 0.1) is 5.41 Å². The maximum Gasteiger partial charge on any atom is 0.342 e. The van der Waals surface area contributed by atoms with E-state index in [-0.39, 0.29) is 11.6 Å². The normalized spacial score (nSPS) is 13.0. The summed E-state index contributed by atoms with van der Waals surface area (Å²) in [5, 5.41) is 0. The van der Waals surface area contributed by atoms with Gasteiger partial charge in [-0.1, -0.05) is 97.8 Å². The van der Waals surface area contributed by atoms with Crippen LogP contribution < -0.4 is 0 Å². The summed E-state index contributed by atoms with van der Waals surface area (Å²) in [5.74, 6) is -0.217. The molecular formula is C24H50O3Si. The Kier molecular flexibility index (Phi) is 13.6. The van der Waals surface area contributed by atoms with Gasteiger partial charge in [0.15, 0.2) is 0 Å². The molecule has 0 amide bonds. The Balaban J connectivity index is 3.87. The molecule has 0 aromatic carbocycles. The standard InChI is InChI=1S/C24H50O3Si/c1-9-28(10-2,11-3)21-20-24(7,8)27-26-22(25)18-16-14-12-13-15-17-19-23(4,5)6/h9-21H2,1-8H3. The van der Waals surface area contributed by atoms with Crippen LogP contribution in [0.4, 0.5) is 0 Å². The molecule has 0 rings (SSSR count). The number of carbonyl (C=O) groups is 1. The van der Waals surface area contributed by atoms with Crippen molar-refractivity contribution in [3.8, 4) is 0 Å². The van der Waals surface area contributed by atoms with Gasteiger partial charge in [-0.25, -0.2) is 4.79 Å². The summed E-state index contributed by atoms with van der Waals surface area (Å²) < 4.78 is 0. The van der Waals surface area contributed by atoms with Gasteiger partial charge in [0.25, 0.3) is 0 Å². The van der Waals surface area contributed by atoms with Crippen LogP contribution in [0.15, 0.2) is 0 Å². The SMILES string of the molecule is CC[Si](CC)(CC)CCC(C)(C)OOC(=O)CCCCCCCCC(C)(C)C. The molecule has 0 radical (unpaired) electrons. The fraction of sp³-hybridized carbons (Fsp3) is 0.958. The molecule has 0 N–H and O–H groups in total. The van der Waals surface area contributed by atoms with E-state index in [4.69, 9.17) is 9.78 Å². The van der Waals surface area contributed by atoms with Gasteiger partial charge in [0.2, 0.25) is 0 Å². The molecule has 0 unspecified atom stereocenters. The third-order valence-electron chi connectivity index (χ3n) is 6.43. The molecule has 168 valence electrons. The van der Waals surface area contributed by atoms with Crippen LogP contribution in [0.2, 0.25) is 24.2 Å². The molecule has 0 aromatic rings. The van der Waals surface area contributed by atoms with Gasteiger partial charge in [-0.3, -0.25) is 4.89 Å². The molecule has 0 atom stereocenters. The monoisotopic (exact) mass is 414 g/mol. The van der Waals surface area contributed by atoms with Gasteiger partial charge in [-0.2, -0.15) is 4.89 Å². The molecule has 0 spiro atoms. The summed E-state index contributed by atoms with van der Waals surface area (Å²) in [6, 6.07) is 5.22. The first-order chi connectivity index (χ1) is 13.0. The highest BCUT2D eigenvalue weighted by Crippen LogP contribution is 2.31. The molecule has 0 saturated carbocycles. The second kappa shape index (κ2) is 13.8. The van der Waals surface area contributed by atoms with Crippen LogP contribution in [0.5, 0.6) is 0 Å². The van der Waals surface area contributed by atoms with E-state index in [1.807, 2.05) is 13.8 Å². The van der Waals surface area contributed by atoms with E-state index in [0.717, 1.165) is 19.3 Å². The van der Waals surface area contributed by atoms with Gasteiger partial charge < -0.3 is 0 Å². The van der Waals surface area contributed by atoms with Crippen LogP contribution in [-0.2, 0) is 14.6 Å². The minimum Gasteiger partial charge on any atom is -0.298 e. The first-order valence-corrected chi connectivity index (χ1v) is 14.7. The zero-order valence-corrected chi connectivity index (χ0v) is 21.4. The summed E-state index contributed by atoms with van der Waals surface area (Å²) in [7, 11) is -1.15. The average molecular weight is 415 g/mol. The Morgan fingerprint density at radius 2 is 1.25 bits per heavy atom. The fourth-order valence-corrected chi connectivity index (χ4v) is 7.41. The number of hydrogen-bond acceptors (Lipinski definition) is 3. The van der Waals surface area contributed by atoms with E-state index >= 15 is 0 Å². The number of rotatable bonds is 16. The summed E-state index contributed by atoms with van der Waals surface area (Å²) in [4.78, 5) is 22.6. The maximum absolute atomic E-state index is 12.0. The minimum absolute atomic E-state index is 0.217. The Hall–Kier alpha value is -0.353. The first kappa shape index (κ1) is 27.6. The van der Waals surface area contributed by atoms with E-state index in [0.29, 0.717) is 11.8 Å². The molecule has 3 nitrogen and oxygen atoms in total. The molecule has 4 heteroatoms. The highest BCUT2D eigenvalue weighted by molar-refractivity contribution is 6.79. The lowest BCUT2D eigenvalue weighted by Gasteiger charge is -2.32. The highest BCUT2D eigenvalue weighted by Gasteiger charge is 2.31. The second-order valence-electron chi connectivity index (χ2n) is 10.5. The van der Waals surface area contributed by atoms with Gasteiger partial charge in [0.05, 0.1) is 8.07 Å². The molecule has 0 aromatic heterocycles. The van der Waals surface area contributed by atoms with Crippen molar-refractivity contribution in [2.24, 2.45) is 5.41 Å². The molecule has 0 aliphatic rings. The van der Waals surface area contributed by atoms with Gasteiger partial charge in [0.1, 0.15) is 5.60 Å². The van der Waals surface area contributed by atoms with Crippen molar-refractivity contribution in [1.29, 1.82) is 0 Å². The van der Waals surface area contributed by atoms with Crippen LogP contribution in [0.3, 0.4) is 0 Å². The number of unbranched alkanes of at least 4 members (excludes halogenated alkanes) is 5. The van der Waals surface area contributed by atoms with Gasteiger partial charge in [-0.05, 0) is 38.5 Å². The molecule has 28 heavy (non-hydrogen) atoms. The molecule has 0 heterocycles.